The van der Waals surface area contributed by atoms with Crippen LogP contribution in [0.5, 0.6) is 5.75 Å². The average Bonchev–Trinajstić information content (AvgIpc) is 3.20. The number of para-hydroxylation sites is 1. The largest absolute Gasteiger partial charge is 0.491 e. The summed E-state index contributed by atoms with van der Waals surface area (Å²) in [5, 5.41) is 9.84. The van der Waals surface area contributed by atoms with E-state index in [-0.39, 0.29) is 47.5 Å². The number of hydrogen-bond donors (Lipinski definition) is 1. The van der Waals surface area contributed by atoms with Crippen LogP contribution in [-0.2, 0) is 19.2 Å². The Kier molecular flexibility index (Phi) is 6.89. The minimum absolute atomic E-state index is 0.0577. The summed E-state index contributed by atoms with van der Waals surface area (Å²) >= 11 is 9.58. The van der Waals surface area contributed by atoms with Gasteiger partial charge in [0.05, 0.1) is 28.6 Å². The molecule has 1 N–H and O–H groups in total. The second kappa shape index (κ2) is 10.3. The van der Waals surface area contributed by atoms with Crippen LogP contribution in [-0.4, -0.2) is 41.7 Å². The van der Waals surface area contributed by atoms with Crippen molar-refractivity contribution in [2.75, 3.05) is 18.1 Å². The van der Waals surface area contributed by atoms with Crippen molar-refractivity contribution in [2.24, 2.45) is 17.8 Å². The lowest BCUT2D eigenvalue weighted by Gasteiger charge is -2.42. The topological polar surface area (TPSA) is 101 Å². The Balaban J connectivity index is 1.48. The first-order valence-electron chi connectivity index (χ1n) is 13.1. The van der Waals surface area contributed by atoms with Gasteiger partial charge in [-0.3, -0.25) is 19.2 Å². The lowest BCUT2D eigenvalue weighted by atomic mass is 9.59. The van der Waals surface area contributed by atoms with Crippen molar-refractivity contribution in [3.8, 4) is 5.75 Å². The Morgan fingerprint density at radius 3 is 2.60 bits per heavy atom. The number of hydrogen-bond acceptors (Lipinski definition) is 6. The number of ketones is 2. The fourth-order valence-corrected chi connectivity index (χ4v) is 7.17. The number of imide groups is 1. The normalized spacial score (nSPS) is 25.9. The molecule has 4 atom stereocenters. The average molecular weight is 623 g/mol. The molecule has 1 aliphatic heterocycles. The van der Waals surface area contributed by atoms with Crippen LogP contribution in [0.2, 0.25) is 5.02 Å². The Morgan fingerprint density at radius 1 is 1.07 bits per heavy atom. The first-order valence-corrected chi connectivity index (χ1v) is 14.3. The molecule has 0 saturated carbocycles. The molecule has 4 unspecified atom stereocenters. The van der Waals surface area contributed by atoms with E-state index in [1.165, 1.54) is 11.0 Å². The monoisotopic (exact) mass is 621 g/mol. The predicted molar refractivity (Wildman–Crippen MR) is 152 cm³/mol. The number of aliphatic hydroxyl groups is 1. The SMILES string of the molecule is Cc1ccc(N2C(=O)C3CC=C4C(c5ccccc5OCCO)C5=C(CC4C3C2=O)C(=O)C(Br)=CC5=O)cc1Cl. The highest BCUT2D eigenvalue weighted by molar-refractivity contribution is 9.12. The lowest BCUT2D eigenvalue weighted by molar-refractivity contribution is -0.123. The maximum Gasteiger partial charge on any atom is 0.238 e. The molecule has 0 bridgehead atoms. The number of fused-ring (bicyclic) bond motifs is 3. The van der Waals surface area contributed by atoms with Crippen LogP contribution in [0.4, 0.5) is 5.69 Å². The number of carbonyl (C=O) groups is 4. The summed E-state index contributed by atoms with van der Waals surface area (Å²) in [6, 6.07) is 12.3. The van der Waals surface area contributed by atoms with E-state index in [0.29, 0.717) is 39.6 Å². The van der Waals surface area contributed by atoms with E-state index in [0.717, 1.165) is 11.1 Å². The van der Waals surface area contributed by atoms with E-state index in [1.54, 1.807) is 30.3 Å². The van der Waals surface area contributed by atoms with Crippen LogP contribution in [0, 0.1) is 24.7 Å². The van der Waals surface area contributed by atoms with E-state index in [9.17, 15) is 24.3 Å². The molecule has 1 heterocycles. The lowest BCUT2D eigenvalue weighted by Crippen LogP contribution is -2.39. The molecule has 2 amide bonds. The van der Waals surface area contributed by atoms with Gasteiger partial charge in [0, 0.05) is 33.7 Å². The third-order valence-electron chi connectivity index (χ3n) is 8.32. The van der Waals surface area contributed by atoms with E-state index in [4.69, 9.17) is 16.3 Å². The van der Waals surface area contributed by atoms with Crippen molar-refractivity contribution in [3.63, 3.8) is 0 Å². The maximum atomic E-state index is 14.0. The molecule has 40 heavy (non-hydrogen) atoms. The minimum atomic E-state index is -0.692. The van der Waals surface area contributed by atoms with Crippen LogP contribution in [0.3, 0.4) is 0 Å². The van der Waals surface area contributed by atoms with E-state index >= 15 is 0 Å². The molecule has 2 aromatic rings. The highest BCUT2D eigenvalue weighted by Crippen LogP contribution is 2.56. The van der Waals surface area contributed by atoms with Gasteiger partial charge in [-0.05, 0) is 65.4 Å². The number of carbonyl (C=O) groups excluding carboxylic acids is 4. The van der Waals surface area contributed by atoms with Crippen LogP contribution in [0.15, 0.2) is 75.8 Å². The quantitative estimate of drug-likeness (QED) is 0.287. The number of Topliss-reactive ketones (excluding diaryl/α,β-unsaturated/α-hetero) is 1. The number of aliphatic hydroxyl groups excluding tert-OH is 1. The first-order chi connectivity index (χ1) is 19.2. The molecule has 0 aromatic heterocycles. The zero-order valence-electron chi connectivity index (χ0n) is 21.5. The van der Waals surface area contributed by atoms with Gasteiger partial charge in [0.1, 0.15) is 12.4 Å². The van der Waals surface area contributed by atoms with Crippen LogP contribution in [0.25, 0.3) is 0 Å². The van der Waals surface area contributed by atoms with Crippen LogP contribution < -0.4 is 9.64 Å². The molecule has 1 saturated heterocycles. The fourth-order valence-electron chi connectivity index (χ4n) is 6.54. The van der Waals surface area contributed by atoms with Crippen molar-refractivity contribution < 1.29 is 29.0 Å². The minimum Gasteiger partial charge on any atom is -0.491 e. The molecule has 1 fully saturated rings. The molecule has 9 heteroatoms. The van der Waals surface area contributed by atoms with Gasteiger partial charge < -0.3 is 9.84 Å². The Labute approximate surface area is 244 Å². The van der Waals surface area contributed by atoms with Gasteiger partial charge in [-0.2, -0.15) is 0 Å². The van der Waals surface area contributed by atoms with E-state index < -0.39 is 23.7 Å². The summed E-state index contributed by atoms with van der Waals surface area (Å²) in [5.41, 5.74) is 3.48. The second-order valence-electron chi connectivity index (χ2n) is 10.4. The summed E-state index contributed by atoms with van der Waals surface area (Å²) in [5.74, 6) is -3.10. The molecule has 0 spiro atoms. The van der Waals surface area contributed by atoms with Gasteiger partial charge in [-0.1, -0.05) is 47.5 Å². The summed E-state index contributed by atoms with van der Waals surface area (Å²) in [7, 11) is 0. The Morgan fingerprint density at radius 2 is 1.85 bits per heavy atom. The highest BCUT2D eigenvalue weighted by atomic mass is 79.9. The van der Waals surface area contributed by atoms with Crippen molar-refractivity contribution in [1.82, 2.24) is 0 Å². The first kappa shape index (κ1) is 26.9. The molecular weight excluding hydrogens is 598 g/mol. The molecule has 3 aliphatic carbocycles. The van der Waals surface area contributed by atoms with Crippen molar-refractivity contribution >= 4 is 56.6 Å². The number of ether oxygens (including phenoxy) is 1. The third-order valence-corrected chi connectivity index (χ3v) is 9.32. The molecule has 2 aromatic carbocycles. The third kappa shape index (κ3) is 4.12. The van der Waals surface area contributed by atoms with Gasteiger partial charge in [0.15, 0.2) is 11.6 Å². The van der Waals surface area contributed by atoms with Crippen molar-refractivity contribution in [3.05, 3.63) is 92.0 Å². The predicted octanol–water partition coefficient (Wildman–Crippen LogP) is 4.99. The molecular formula is C31H25BrClNO6. The maximum absolute atomic E-state index is 14.0. The Hall–Kier alpha value is -3.33. The number of aryl methyl sites for hydroxylation is 1. The fraction of sp³-hybridized carbons (Fsp3) is 0.290. The number of rotatable bonds is 5. The van der Waals surface area contributed by atoms with E-state index in [1.807, 2.05) is 25.1 Å². The second-order valence-corrected chi connectivity index (χ2v) is 11.7. The number of nitrogens with zero attached hydrogens (tertiary/aromatic N) is 1. The zero-order chi connectivity index (χ0) is 28.3. The van der Waals surface area contributed by atoms with Gasteiger partial charge in [-0.15, -0.1) is 0 Å². The highest BCUT2D eigenvalue weighted by Gasteiger charge is 2.57. The van der Waals surface area contributed by atoms with Crippen LogP contribution in [0.1, 0.15) is 29.9 Å². The summed E-state index contributed by atoms with van der Waals surface area (Å²) in [6.07, 6.45) is 3.77. The van der Waals surface area contributed by atoms with Gasteiger partial charge in [0.25, 0.3) is 0 Å². The number of benzene rings is 2. The number of amides is 2. The summed E-state index contributed by atoms with van der Waals surface area (Å²) < 4.78 is 6.01. The standard InChI is InChI=1S/C31H25BrClNO6/c1-15-6-7-16(12-23(15)33)34-30(38)19-9-8-17-20(27(19)31(34)39)13-21-28(24(36)14-22(32)29(21)37)26(17)18-4-2-3-5-25(18)40-11-10-35/h2-8,12,14,19-20,26-27,35H,9-11,13H2,1H3. The van der Waals surface area contributed by atoms with Gasteiger partial charge in [0.2, 0.25) is 11.8 Å². The van der Waals surface area contributed by atoms with Crippen LogP contribution >= 0.6 is 27.5 Å². The molecule has 204 valence electrons. The van der Waals surface area contributed by atoms with Gasteiger partial charge >= 0.3 is 0 Å². The Bertz CT molecular complexity index is 1590. The molecule has 4 aliphatic rings. The number of anilines is 1. The number of allylic oxidation sites excluding steroid dienone is 6. The summed E-state index contributed by atoms with van der Waals surface area (Å²) in [4.78, 5) is 55.7. The van der Waals surface area contributed by atoms with Crippen molar-refractivity contribution in [2.45, 2.75) is 25.7 Å². The van der Waals surface area contributed by atoms with Crippen molar-refractivity contribution in [1.29, 1.82) is 0 Å². The summed E-state index contributed by atoms with van der Waals surface area (Å²) in [6.45, 7) is 1.72. The zero-order valence-corrected chi connectivity index (χ0v) is 23.9. The van der Waals surface area contributed by atoms with E-state index in [2.05, 4.69) is 15.9 Å². The molecule has 0 radical (unpaired) electrons. The molecule has 7 nitrogen and oxygen atoms in total. The number of halogens is 2. The smallest absolute Gasteiger partial charge is 0.238 e. The molecule has 6 rings (SSSR count). The van der Waals surface area contributed by atoms with Gasteiger partial charge in [-0.25, -0.2) is 4.90 Å².